The maximum Gasteiger partial charge on any atom is 0.0778 e. The number of rotatable bonds is 6. The van der Waals surface area contributed by atoms with Gasteiger partial charge in [0.05, 0.1) is 6.10 Å². The molecule has 1 rings (SSSR count). The van der Waals surface area contributed by atoms with Crippen molar-refractivity contribution in [1.82, 2.24) is 0 Å². The van der Waals surface area contributed by atoms with E-state index >= 15 is 0 Å². The summed E-state index contributed by atoms with van der Waals surface area (Å²) in [5.41, 5.74) is 1.31. The zero-order valence-electron chi connectivity index (χ0n) is 9.63. The van der Waals surface area contributed by atoms with Crippen LogP contribution in [0.2, 0.25) is 0 Å². The minimum absolute atomic E-state index is 0.144. The number of allylic oxidation sites excluding steroid dienone is 1. The van der Waals surface area contributed by atoms with Crippen molar-refractivity contribution < 1.29 is 5.11 Å². The van der Waals surface area contributed by atoms with Crippen LogP contribution in [0.15, 0.2) is 11.6 Å². The van der Waals surface area contributed by atoms with Gasteiger partial charge in [-0.15, -0.1) is 0 Å². The van der Waals surface area contributed by atoms with Crippen LogP contribution in [0.25, 0.3) is 0 Å². The molecule has 0 radical (unpaired) electrons. The van der Waals surface area contributed by atoms with Crippen LogP contribution in [0.5, 0.6) is 0 Å². The number of aliphatic hydroxyl groups excluding tert-OH is 1. The molecule has 82 valence electrons. The highest BCUT2D eigenvalue weighted by Crippen LogP contribution is 2.28. The van der Waals surface area contributed by atoms with Gasteiger partial charge in [0, 0.05) is 0 Å². The van der Waals surface area contributed by atoms with Gasteiger partial charge in [-0.2, -0.15) is 0 Å². The average Bonchev–Trinajstić information content (AvgIpc) is 2.71. The van der Waals surface area contributed by atoms with Crippen LogP contribution in [0.4, 0.5) is 0 Å². The van der Waals surface area contributed by atoms with Gasteiger partial charge in [-0.1, -0.05) is 39.2 Å². The fourth-order valence-electron chi connectivity index (χ4n) is 2.32. The maximum atomic E-state index is 10.2. The van der Waals surface area contributed by atoms with E-state index in [0.29, 0.717) is 5.92 Å². The molecular weight excluding hydrogens is 172 g/mol. The largest absolute Gasteiger partial charge is 0.388 e. The Balaban J connectivity index is 2.41. The van der Waals surface area contributed by atoms with Crippen molar-refractivity contribution in [1.29, 1.82) is 0 Å². The van der Waals surface area contributed by atoms with Gasteiger partial charge in [0.25, 0.3) is 0 Å². The Kier molecular flexibility index (Phi) is 5.24. The second-order valence-corrected chi connectivity index (χ2v) is 4.43. The molecule has 0 aliphatic heterocycles. The summed E-state index contributed by atoms with van der Waals surface area (Å²) in [6.07, 6.45) is 10.4. The van der Waals surface area contributed by atoms with E-state index in [4.69, 9.17) is 0 Å². The molecule has 0 saturated carbocycles. The summed E-state index contributed by atoms with van der Waals surface area (Å²) in [6.45, 7) is 4.41. The quantitative estimate of drug-likeness (QED) is 0.643. The lowest BCUT2D eigenvalue weighted by Gasteiger charge is -2.22. The highest BCUT2D eigenvalue weighted by atomic mass is 16.3. The summed E-state index contributed by atoms with van der Waals surface area (Å²) in [6, 6.07) is 0. The summed E-state index contributed by atoms with van der Waals surface area (Å²) in [5.74, 6) is 0.499. The van der Waals surface area contributed by atoms with Crippen LogP contribution >= 0.6 is 0 Å². The minimum Gasteiger partial charge on any atom is -0.388 e. The van der Waals surface area contributed by atoms with Crippen LogP contribution in [0.1, 0.15) is 58.8 Å². The van der Waals surface area contributed by atoms with Crippen LogP contribution < -0.4 is 0 Å². The predicted molar refractivity (Wildman–Crippen MR) is 61.2 cm³/mol. The van der Waals surface area contributed by atoms with E-state index in [9.17, 15) is 5.11 Å². The first-order valence-electron chi connectivity index (χ1n) is 6.16. The van der Waals surface area contributed by atoms with Gasteiger partial charge < -0.3 is 5.11 Å². The third kappa shape index (κ3) is 3.13. The Bertz CT molecular complexity index is 184. The molecule has 2 unspecified atom stereocenters. The smallest absolute Gasteiger partial charge is 0.0778 e. The first kappa shape index (κ1) is 11.8. The molecule has 0 bridgehead atoms. The van der Waals surface area contributed by atoms with Crippen LogP contribution in [0, 0.1) is 5.92 Å². The van der Waals surface area contributed by atoms with Crippen LogP contribution in [-0.2, 0) is 0 Å². The third-order valence-electron chi connectivity index (χ3n) is 3.36. The van der Waals surface area contributed by atoms with Gasteiger partial charge in [0.1, 0.15) is 0 Å². The molecular formula is C13H24O. The van der Waals surface area contributed by atoms with Gasteiger partial charge in [-0.05, 0) is 37.2 Å². The van der Waals surface area contributed by atoms with Crippen molar-refractivity contribution in [2.24, 2.45) is 5.92 Å². The van der Waals surface area contributed by atoms with E-state index < -0.39 is 0 Å². The molecule has 0 aromatic carbocycles. The van der Waals surface area contributed by atoms with E-state index in [1.165, 1.54) is 37.7 Å². The Labute approximate surface area is 88.2 Å². The topological polar surface area (TPSA) is 20.2 Å². The Morgan fingerprint density at radius 2 is 2.21 bits per heavy atom. The van der Waals surface area contributed by atoms with Crippen LogP contribution in [0.3, 0.4) is 0 Å². The van der Waals surface area contributed by atoms with E-state index in [0.717, 1.165) is 12.8 Å². The van der Waals surface area contributed by atoms with Crippen molar-refractivity contribution in [3.05, 3.63) is 11.6 Å². The van der Waals surface area contributed by atoms with Crippen molar-refractivity contribution in [2.75, 3.05) is 0 Å². The minimum atomic E-state index is -0.144. The highest BCUT2D eigenvalue weighted by molar-refractivity contribution is 5.13. The molecule has 0 aromatic heterocycles. The highest BCUT2D eigenvalue weighted by Gasteiger charge is 2.22. The normalized spacial score (nSPS) is 20.6. The lowest BCUT2D eigenvalue weighted by molar-refractivity contribution is 0.128. The second-order valence-electron chi connectivity index (χ2n) is 4.43. The van der Waals surface area contributed by atoms with E-state index in [-0.39, 0.29) is 6.10 Å². The molecule has 2 atom stereocenters. The number of hydrogen-bond acceptors (Lipinski definition) is 1. The summed E-state index contributed by atoms with van der Waals surface area (Å²) in [7, 11) is 0. The summed E-state index contributed by atoms with van der Waals surface area (Å²) >= 11 is 0. The lowest BCUT2D eigenvalue weighted by Crippen LogP contribution is -2.21. The Hall–Kier alpha value is -0.300. The van der Waals surface area contributed by atoms with E-state index in [1.54, 1.807) is 0 Å². The second kappa shape index (κ2) is 6.23. The molecule has 1 nitrogen and oxygen atoms in total. The number of hydrogen-bond donors (Lipinski definition) is 1. The molecule has 0 amide bonds. The number of aliphatic hydroxyl groups is 1. The molecule has 14 heavy (non-hydrogen) atoms. The average molecular weight is 196 g/mol. The molecule has 0 spiro atoms. The van der Waals surface area contributed by atoms with Crippen molar-refractivity contribution in [3.8, 4) is 0 Å². The van der Waals surface area contributed by atoms with Gasteiger partial charge in [-0.3, -0.25) is 0 Å². The Morgan fingerprint density at radius 3 is 2.71 bits per heavy atom. The molecule has 1 N–H and O–H groups in total. The molecule has 1 aliphatic carbocycles. The molecule has 1 aliphatic rings. The molecule has 0 saturated heterocycles. The molecule has 0 aromatic rings. The molecule has 0 fully saturated rings. The van der Waals surface area contributed by atoms with E-state index in [1.807, 2.05) is 0 Å². The van der Waals surface area contributed by atoms with Crippen molar-refractivity contribution in [3.63, 3.8) is 0 Å². The number of unbranched alkanes of at least 4 members (excludes halogenated alkanes) is 1. The third-order valence-corrected chi connectivity index (χ3v) is 3.36. The van der Waals surface area contributed by atoms with E-state index in [2.05, 4.69) is 19.9 Å². The standard InChI is InChI=1S/C13H24O/c1-3-5-8-11(4-2)13(14)12-9-6-7-10-12/h9,11,13-14H,3-8,10H2,1-2H3. The van der Waals surface area contributed by atoms with Crippen molar-refractivity contribution >= 4 is 0 Å². The fourth-order valence-corrected chi connectivity index (χ4v) is 2.32. The van der Waals surface area contributed by atoms with Gasteiger partial charge in [0.15, 0.2) is 0 Å². The SMILES string of the molecule is CCCCC(CC)C(O)C1=CCCC1. The molecule has 0 heterocycles. The zero-order valence-corrected chi connectivity index (χ0v) is 9.63. The maximum absolute atomic E-state index is 10.2. The zero-order chi connectivity index (χ0) is 10.4. The predicted octanol–water partition coefficient (Wildman–Crippen LogP) is 3.67. The molecule has 1 heteroatoms. The lowest BCUT2D eigenvalue weighted by atomic mass is 9.89. The summed E-state index contributed by atoms with van der Waals surface area (Å²) in [5, 5.41) is 10.2. The van der Waals surface area contributed by atoms with Gasteiger partial charge in [-0.25, -0.2) is 0 Å². The van der Waals surface area contributed by atoms with Gasteiger partial charge >= 0.3 is 0 Å². The fraction of sp³-hybridized carbons (Fsp3) is 0.846. The summed E-state index contributed by atoms with van der Waals surface area (Å²) in [4.78, 5) is 0. The van der Waals surface area contributed by atoms with Crippen LogP contribution in [-0.4, -0.2) is 11.2 Å². The summed E-state index contributed by atoms with van der Waals surface area (Å²) < 4.78 is 0. The first-order chi connectivity index (χ1) is 6.79. The Morgan fingerprint density at radius 1 is 1.43 bits per heavy atom. The monoisotopic (exact) mass is 196 g/mol. The first-order valence-corrected chi connectivity index (χ1v) is 6.16. The van der Waals surface area contributed by atoms with Crippen molar-refractivity contribution in [2.45, 2.75) is 64.9 Å². The van der Waals surface area contributed by atoms with Gasteiger partial charge in [0.2, 0.25) is 0 Å².